The molecule has 1 saturated carbocycles. The molecular formula is C21H26ClFN4O3. The second-order valence-electron chi connectivity index (χ2n) is 9.52. The third kappa shape index (κ3) is 3.34. The van der Waals surface area contributed by atoms with Gasteiger partial charge in [0.05, 0.1) is 5.69 Å². The van der Waals surface area contributed by atoms with Crippen LogP contribution in [-0.4, -0.2) is 51.1 Å². The third-order valence-corrected chi connectivity index (χ3v) is 6.53. The molecule has 1 aliphatic carbocycles. The predicted octanol–water partition coefficient (Wildman–Crippen LogP) is 4.50. The number of pyridine rings is 1. The molecule has 162 valence electrons. The molecule has 0 radical (unpaired) electrons. The van der Waals surface area contributed by atoms with Crippen molar-refractivity contribution in [3.8, 4) is 0 Å². The van der Waals surface area contributed by atoms with Crippen LogP contribution in [0.5, 0.6) is 0 Å². The maximum Gasteiger partial charge on any atom is 0.410 e. The Balaban J connectivity index is 1.42. The quantitative estimate of drug-likeness (QED) is 0.648. The fourth-order valence-corrected chi connectivity index (χ4v) is 5.00. The summed E-state index contributed by atoms with van der Waals surface area (Å²) in [5, 5.41) is 5.34. The molecule has 3 atom stereocenters. The maximum atomic E-state index is 14.9. The predicted molar refractivity (Wildman–Crippen MR) is 109 cm³/mol. The minimum Gasteiger partial charge on any atom is -0.444 e. The highest BCUT2D eigenvalue weighted by Gasteiger charge is 2.59. The van der Waals surface area contributed by atoms with E-state index in [9.17, 15) is 9.18 Å². The SMILES string of the molecule is CC(C)(C)OC(=O)N1CC2C(C1)C2c1nn(C2CCCCO2)c2c(F)c(Cl)ncc12. The van der Waals surface area contributed by atoms with Crippen molar-refractivity contribution in [2.24, 2.45) is 11.8 Å². The molecule has 0 bridgehead atoms. The Morgan fingerprint density at radius 2 is 2.03 bits per heavy atom. The lowest BCUT2D eigenvalue weighted by molar-refractivity contribution is -0.0371. The molecule has 7 nitrogen and oxygen atoms in total. The van der Waals surface area contributed by atoms with Gasteiger partial charge in [0.15, 0.2) is 17.2 Å². The number of amides is 1. The number of halogens is 2. The summed E-state index contributed by atoms with van der Waals surface area (Å²) in [5.41, 5.74) is 0.688. The van der Waals surface area contributed by atoms with Gasteiger partial charge in [-0.15, -0.1) is 0 Å². The van der Waals surface area contributed by atoms with Gasteiger partial charge in [0.25, 0.3) is 0 Å². The minimum absolute atomic E-state index is 0.155. The highest BCUT2D eigenvalue weighted by atomic mass is 35.5. The number of likely N-dealkylation sites (tertiary alicyclic amines) is 1. The molecule has 2 aromatic heterocycles. The van der Waals surface area contributed by atoms with Crippen molar-refractivity contribution in [2.75, 3.05) is 19.7 Å². The fraction of sp³-hybridized carbons (Fsp3) is 0.667. The van der Waals surface area contributed by atoms with Gasteiger partial charge in [-0.2, -0.15) is 5.10 Å². The summed E-state index contributed by atoms with van der Waals surface area (Å²) in [7, 11) is 0. The lowest BCUT2D eigenvalue weighted by Crippen LogP contribution is -2.36. The summed E-state index contributed by atoms with van der Waals surface area (Å²) in [6.07, 6.45) is 3.85. The first kappa shape index (κ1) is 20.0. The first-order valence-corrected chi connectivity index (χ1v) is 10.9. The van der Waals surface area contributed by atoms with Crippen LogP contribution in [0, 0.1) is 17.7 Å². The van der Waals surface area contributed by atoms with E-state index in [0.717, 1.165) is 25.0 Å². The molecule has 2 aromatic rings. The Labute approximate surface area is 179 Å². The zero-order chi connectivity index (χ0) is 21.2. The zero-order valence-electron chi connectivity index (χ0n) is 17.4. The summed E-state index contributed by atoms with van der Waals surface area (Å²) in [6, 6.07) is 0. The van der Waals surface area contributed by atoms with Gasteiger partial charge in [-0.05, 0) is 51.9 Å². The van der Waals surface area contributed by atoms with Crippen LogP contribution in [-0.2, 0) is 9.47 Å². The summed E-state index contributed by atoms with van der Waals surface area (Å²) in [4.78, 5) is 18.2. The van der Waals surface area contributed by atoms with E-state index in [4.69, 9.17) is 26.2 Å². The Hall–Kier alpha value is -1.93. The average Bonchev–Trinajstić information content (AvgIpc) is 3.05. The maximum absolute atomic E-state index is 14.9. The van der Waals surface area contributed by atoms with Crippen molar-refractivity contribution < 1.29 is 18.7 Å². The van der Waals surface area contributed by atoms with Crippen LogP contribution in [0.2, 0.25) is 5.15 Å². The van der Waals surface area contributed by atoms with E-state index in [2.05, 4.69) is 4.98 Å². The first-order chi connectivity index (χ1) is 14.2. The molecular weight excluding hydrogens is 411 g/mol. The van der Waals surface area contributed by atoms with E-state index < -0.39 is 11.4 Å². The van der Waals surface area contributed by atoms with Gasteiger partial charge < -0.3 is 14.4 Å². The molecule has 1 amide bonds. The number of ether oxygens (including phenoxy) is 2. The van der Waals surface area contributed by atoms with Crippen LogP contribution in [0.25, 0.3) is 10.9 Å². The number of nitrogens with zero attached hydrogens (tertiary/aromatic N) is 4. The van der Waals surface area contributed by atoms with Gasteiger partial charge in [-0.3, -0.25) is 0 Å². The number of carbonyl (C=O) groups is 1. The van der Waals surface area contributed by atoms with E-state index in [1.165, 1.54) is 0 Å². The fourth-order valence-electron chi connectivity index (χ4n) is 4.87. The Morgan fingerprint density at radius 3 is 2.67 bits per heavy atom. The van der Waals surface area contributed by atoms with Crippen molar-refractivity contribution in [1.82, 2.24) is 19.7 Å². The van der Waals surface area contributed by atoms with Crippen molar-refractivity contribution in [3.63, 3.8) is 0 Å². The average molecular weight is 437 g/mol. The molecule has 0 aromatic carbocycles. The number of rotatable bonds is 2. The topological polar surface area (TPSA) is 69.5 Å². The molecule has 4 heterocycles. The molecule has 3 unspecified atom stereocenters. The summed E-state index contributed by atoms with van der Waals surface area (Å²) in [6.45, 7) is 7.49. The number of carbonyl (C=O) groups excluding carboxylic acids is 1. The van der Waals surface area contributed by atoms with E-state index in [-0.39, 0.29) is 23.4 Å². The second kappa shape index (κ2) is 7.05. The zero-order valence-corrected chi connectivity index (χ0v) is 18.2. The third-order valence-electron chi connectivity index (χ3n) is 6.26. The second-order valence-corrected chi connectivity index (χ2v) is 9.87. The molecule has 2 saturated heterocycles. The number of aromatic nitrogens is 3. The van der Waals surface area contributed by atoms with Crippen LogP contribution < -0.4 is 0 Å². The molecule has 3 aliphatic rings. The molecule has 5 rings (SSSR count). The van der Waals surface area contributed by atoms with Crippen molar-refractivity contribution >= 4 is 28.6 Å². The van der Waals surface area contributed by atoms with Gasteiger partial charge in [0, 0.05) is 37.2 Å². The van der Waals surface area contributed by atoms with E-state index in [0.29, 0.717) is 42.4 Å². The van der Waals surface area contributed by atoms with Crippen molar-refractivity contribution in [1.29, 1.82) is 0 Å². The van der Waals surface area contributed by atoms with Crippen LogP contribution in [0.4, 0.5) is 9.18 Å². The highest BCUT2D eigenvalue weighted by molar-refractivity contribution is 6.30. The van der Waals surface area contributed by atoms with Crippen LogP contribution in [0.1, 0.15) is 57.9 Å². The summed E-state index contributed by atoms with van der Waals surface area (Å²) < 4.78 is 28.0. The summed E-state index contributed by atoms with van der Waals surface area (Å²) in [5.74, 6) is 0.229. The molecule has 9 heteroatoms. The van der Waals surface area contributed by atoms with Crippen molar-refractivity contribution in [2.45, 2.75) is 57.8 Å². The lowest BCUT2D eigenvalue weighted by Gasteiger charge is -2.25. The van der Waals surface area contributed by atoms with E-state index >= 15 is 0 Å². The Morgan fingerprint density at radius 1 is 1.30 bits per heavy atom. The first-order valence-electron chi connectivity index (χ1n) is 10.6. The number of fused-ring (bicyclic) bond motifs is 2. The monoisotopic (exact) mass is 436 g/mol. The standard InChI is InChI=1S/C21H26ClFN4O3/c1-21(2,3)30-20(28)26-9-12-13(10-26)15(12)17-11-8-24-19(22)16(23)18(11)27(25-17)14-6-4-5-7-29-14/h8,12-15H,4-7,9-10H2,1-3H3. The van der Waals surface area contributed by atoms with Gasteiger partial charge in [0.1, 0.15) is 11.1 Å². The van der Waals surface area contributed by atoms with E-state index in [1.54, 1.807) is 15.8 Å². The molecule has 2 aliphatic heterocycles. The molecule has 0 spiro atoms. The molecule has 3 fully saturated rings. The van der Waals surface area contributed by atoms with Crippen LogP contribution >= 0.6 is 11.6 Å². The van der Waals surface area contributed by atoms with Crippen molar-refractivity contribution in [3.05, 3.63) is 22.9 Å². The summed E-state index contributed by atoms with van der Waals surface area (Å²) >= 11 is 5.98. The number of piperidine rings is 1. The normalized spacial score (nSPS) is 28.6. The van der Waals surface area contributed by atoms with Crippen LogP contribution in [0.3, 0.4) is 0 Å². The molecule has 30 heavy (non-hydrogen) atoms. The van der Waals surface area contributed by atoms with Gasteiger partial charge in [-0.1, -0.05) is 11.6 Å². The molecule has 0 N–H and O–H groups in total. The van der Waals surface area contributed by atoms with Gasteiger partial charge in [0.2, 0.25) is 0 Å². The van der Waals surface area contributed by atoms with E-state index in [1.807, 2.05) is 20.8 Å². The highest BCUT2D eigenvalue weighted by Crippen LogP contribution is 2.59. The van der Waals surface area contributed by atoms with Crippen LogP contribution in [0.15, 0.2) is 6.20 Å². The lowest BCUT2D eigenvalue weighted by atomic mass is 10.1. The number of hydrogen-bond acceptors (Lipinski definition) is 5. The van der Waals surface area contributed by atoms with Gasteiger partial charge >= 0.3 is 6.09 Å². The number of hydrogen-bond donors (Lipinski definition) is 0. The smallest absolute Gasteiger partial charge is 0.410 e. The Bertz CT molecular complexity index is 986. The Kier molecular flexibility index (Phi) is 4.70. The minimum atomic E-state index is -0.553. The largest absolute Gasteiger partial charge is 0.444 e. The van der Waals surface area contributed by atoms with Gasteiger partial charge in [-0.25, -0.2) is 18.9 Å².